The summed E-state index contributed by atoms with van der Waals surface area (Å²) in [6.45, 7) is 9.46. The van der Waals surface area contributed by atoms with Gasteiger partial charge in [0.05, 0.1) is 22.1 Å². The molecule has 132 heavy (non-hydrogen) atoms. The molecule has 2 aromatic heterocycles. The van der Waals surface area contributed by atoms with Crippen LogP contribution in [0.4, 0.5) is 34.1 Å². The molecule has 0 amide bonds. The van der Waals surface area contributed by atoms with Crippen LogP contribution < -0.4 is 9.80 Å². The molecule has 4 nitrogen and oxygen atoms in total. The van der Waals surface area contributed by atoms with E-state index in [0.29, 0.717) is 0 Å². The molecule has 23 aromatic carbocycles. The lowest BCUT2D eigenvalue weighted by Crippen LogP contribution is -2.16. The fourth-order valence-corrected chi connectivity index (χ4v) is 22.6. The van der Waals surface area contributed by atoms with E-state index in [1.165, 1.54) is 219 Å². The summed E-state index contributed by atoms with van der Waals surface area (Å²) in [5.74, 6) is 0. The molecule has 27 rings (SSSR count). The first kappa shape index (κ1) is 76.6. The zero-order chi connectivity index (χ0) is 87.6. The van der Waals surface area contributed by atoms with E-state index in [0.717, 1.165) is 34.1 Å². The molecule has 2 aliphatic carbocycles. The molecule has 0 saturated carbocycles. The van der Waals surface area contributed by atoms with E-state index in [4.69, 9.17) is 0 Å². The molecule has 2 heterocycles. The minimum atomic E-state index is -0.123. The van der Waals surface area contributed by atoms with Crippen molar-refractivity contribution in [2.75, 3.05) is 9.80 Å². The van der Waals surface area contributed by atoms with Crippen LogP contribution in [-0.4, -0.2) is 9.13 Å². The predicted molar refractivity (Wildman–Crippen MR) is 562 cm³/mol. The van der Waals surface area contributed by atoms with Crippen molar-refractivity contribution in [3.63, 3.8) is 0 Å². The van der Waals surface area contributed by atoms with Gasteiger partial charge in [-0.2, -0.15) is 0 Å². The summed E-state index contributed by atoms with van der Waals surface area (Å²) in [6.07, 6.45) is 0. The summed E-state index contributed by atoms with van der Waals surface area (Å²) in [5, 5.41) is 25.3. The zero-order valence-electron chi connectivity index (χ0n) is 73.7. The summed E-state index contributed by atoms with van der Waals surface area (Å²) >= 11 is 0. The summed E-state index contributed by atoms with van der Waals surface area (Å²) in [4.78, 5) is 4.90. The standard InChI is InChI=1S/C67H46N2.C61H42N2/c1-67(2)63-22-12-10-20-58(63)59-36-34-52(42-64(59)67)68(50-31-26-43(27-32-50)47-29-35-57-55-18-7-6-16-53(55)54-17-8-9-19-56(54)61(57)40-47)51-33-28-45-38-44(24-25-46(45)39-51)48-30-37-66-62(41-48)60-21-11-13-23-65(60)69(66)49-14-4-3-5-15-49;1-61(2)57-22-12-10-20-52(57)53-32-30-46(38-58(53)61)62(45-29-31-51-49-18-7-6-16-47(49)48-17-8-9-19-50(48)55(51)37-45)44-28-26-40-34-39(24-25-41(40)35-44)42-27-33-60-56(36-42)54-21-11-13-23-59(54)63(60)43-14-4-3-5-15-43/h3-42H,1-2H3;3-38H,1-2H3. The number of benzene rings is 23. The van der Waals surface area contributed by atoms with Gasteiger partial charge in [0, 0.05) is 77.9 Å². The van der Waals surface area contributed by atoms with Crippen LogP contribution >= 0.6 is 0 Å². The Morgan fingerprint density at radius 3 is 0.879 bits per heavy atom. The fraction of sp³-hybridized carbons (Fsp3) is 0.0469. The van der Waals surface area contributed by atoms with E-state index in [1.54, 1.807) is 0 Å². The summed E-state index contributed by atoms with van der Waals surface area (Å²) in [7, 11) is 0. The van der Waals surface area contributed by atoms with E-state index in [1.807, 2.05) is 0 Å². The molecular formula is C128H88N4. The molecule has 620 valence electrons. The second-order valence-corrected chi connectivity index (χ2v) is 37.0. The molecule has 0 aliphatic heterocycles. The lowest BCUT2D eigenvalue weighted by atomic mass is 9.82. The third-order valence-corrected chi connectivity index (χ3v) is 29.0. The van der Waals surface area contributed by atoms with Gasteiger partial charge in [-0.25, -0.2) is 0 Å². The number of anilines is 6. The molecule has 0 atom stereocenters. The van der Waals surface area contributed by atoms with Gasteiger partial charge in [-0.15, -0.1) is 0 Å². The Morgan fingerprint density at radius 2 is 0.424 bits per heavy atom. The van der Waals surface area contributed by atoms with Gasteiger partial charge in [0.15, 0.2) is 0 Å². The quantitative estimate of drug-likeness (QED) is 0.120. The number of rotatable bonds is 11. The Balaban J connectivity index is 0.000000139. The van der Waals surface area contributed by atoms with Crippen molar-refractivity contribution in [1.82, 2.24) is 9.13 Å². The second-order valence-electron chi connectivity index (χ2n) is 37.0. The smallest absolute Gasteiger partial charge is 0.0541 e. The van der Waals surface area contributed by atoms with Gasteiger partial charge < -0.3 is 18.9 Å². The van der Waals surface area contributed by atoms with E-state index >= 15 is 0 Å². The van der Waals surface area contributed by atoms with Crippen molar-refractivity contribution in [2.45, 2.75) is 38.5 Å². The van der Waals surface area contributed by atoms with Crippen LogP contribution in [0.1, 0.15) is 49.9 Å². The van der Waals surface area contributed by atoms with Crippen molar-refractivity contribution in [3.05, 3.63) is 483 Å². The lowest BCUT2D eigenvalue weighted by Gasteiger charge is -2.29. The van der Waals surface area contributed by atoms with E-state index < -0.39 is 0 Å². The number of aromatic nitrogens is 2. The maximum atomic E-state index is 2.46. The molecule has 0 unspecified atom stereocenters. The highest BCUT2D eigenvalue weighted by atomic mass is 15.1. The number of nitrogens with zero attached hydrogens (tertiary/aromatic N) is 4. The topological polar surface area (TPSA) is 16.3 Å². The van der Waals surface area contributed by atoms with Crippen LogP contribution in [0.2, 0.25) is 0 Å². The second kappa shape index (κ2) is 30.0. The van der Waals surface area contributed by atoms with Crippen LogP contribution in [0.5, 0.6) is 0 Å². The summed E-state index contributed by atoms with van der Waals surface area (Å²) in [6, 6.07) is 171. The monoisotopic (exact) mass is 1680 g/mol. The average Bonchev–Trinajstić information content (AvgIpc) is 1.85. The van der Waals surface area contributed by atoms with Crippen molar-refractivity contribution < 1.29 is 0 Å². The molecule has 2 aliphatic rings. The maximum Gasteiger partial charge on any atom is 0.0541 e. The maximum absolute atomic E-state index is 2.46. The summed E-state index contributed by atoms with van der Waals surface area (Å²) < 4.78 is 4.76. The Labute approximate surface area is 766 Å². The van der Waals surface area contributed by atoms with Gasteiger partial charge in [-0.05, 0) is 316 Å². The SMILES string of the molecule is CC1(C)c2ccccc2-c2ccc(N(c3ccc(-c4ccc5c6ccccc6c6ccccc6c5c4)cc3)c3ccc4cc(-c5ccc6c(c5)c5ccccc5n6-c5ccccc5)ccc4c3)cc21.CC1(C)c2ccccc2-c2ccc(N(c3ccc4cc(-c5ccc6c(c5)c5ccccc5n6-c5ccccc5)ccc4c3)c3ccc4c5ccccc5c5ccccc5c4c3)cc21. The highest BCUT2D eigenvalue weighted by Gasteiger charge is 2.38. The molecule has 0 bridgehead atoms. The predicted octanol–water partition coefficient (Wildman–Crippen LogP) is 35.3. The molecule has 4 heteroatoms. The van der Waals surface area contributed by atoms with Crippen LogP contribution in [0.3, 0.4) is 0 Å². The molecule has 0 fully saturated rings. The molecule has 0 N–H and O–H groups in total. The van der Waals surface area contributed by atoms with Crippen molar-refractivity contribution in [3.8, 4) is 67.0 Å². The molecular weight excluding hydrogens is 1590 g/mol. The zero-order valence-corrected chi connectivity index (χ0v) is 73.7. The van der Waals surface area contributed by atoms with Gasteiger partial charge in [0.25, 0.3) is 0 Å². The van der Waals surface area contributed by atoms with Crippen molar-refractivity contribution >= 4 is 164 Å². The molecule has 0 spiro atoms. The number of hydrogen-bond donors (Lipinski definition) is 0. The first-order chi connectivity index (χ1) is 64.9. The van der Waals surface area contributed by atoms with Crippen LogP contribution in [0.25, 0.3) is 197 Å². The first-order valence-electron chi connectivity index (χ1n) is 46.1. The third kappa shape index (κ3) is 12.1. The van der Waals surface area contributed by atoms with E-state index in [-0.39, 0.29) is 10.8 Å². The fourth-order valence-electron chi connectivity index (χ4n) is 22.6. The summed E-state index contributed by atoms with van der Waals surface area (Å²) in [5.41, 5.74) is 31.8. The van der Waals surface area contributed by atoms with Gasteiger partial charge in [0.1, 0.15) is 0 Å². The normalized spacial score (nSPS) is 13.0. The van der Waals surface area contributed by atoms with Gasteiger partial charge in [-0.3, -0.25) is 0 Å². The number of fused-ring (bicyclic) bond motifs is 26. The van der Waals surface area contributed by atoms with Gasteiger partial charge in [0.2, 0.25) is 0 Å². The highest BCUT2D eigenvalue weighted by molar-refractivity contribution is 6.27. The van der Waals surface area contributed by atoms with Crippen molar-refractivity contribution in [2.24, 2.45) is 0 Å². The first-order valence-corrected chi connectivity index (χ1v) is 46.1. The Bertz CT molecular complexity index is 9030. The van der Waals surface area contributed by atoms with Gasteiger partial charge >= 0.3 is 0 Å². The third-order valence-electron chi connectivity index (χ3n) is 29.0. The Kier molecular flexibility index (Phi) is 17.4. The molecule has 25 aromatic rings. The average molecular weight is 1680 g/mol. The minimum Gasteiger partial charge on any atom is -0.310 e. The lowest BCUT2D eigenvalue weighted by molar-refractivity contribution is 0.660. The van der Waals surface area contributed by atoms with Crippen LogP contribution in [-0.2, 0) is 10.8 Å². The Hall–Kier alpha value is -16.7. The number of hydrogen-bond acceptors (Lipinski definition) is 2. The van der Waals surface area contributed by atoms with Gasteiger partial charge in [-0.1, -0.05) is 337 Å². The minimum absolute atomic E-state index is 0.120. The van der Waals surface area contributed by atoms with E-state index in [9.17, 15) is 0 Å². The molecule has 0 saturated heterocycles. The Morgan fingerprint density at radius 1 is 0.159 bits per heavy atom. The molecule has 0 radical (unpaired) electrons. The van der Waals surface area contributed by atoms with Crippen molar-refractivity contribution in [1.29, 1.82) is 0 Å². The number of para-hydroxylation sites is 4. The van der Waals surface area contributed by atoms with Crippen LogP contribution in [0.15, 0.2) is 461 Å². The largest absolute Gasteiger partial charge is 0.310 e. The van der Waals surface area contributed by atoms with E-state index in [2.05, 4.69) is 508 Å². The van der Waals surface area contributed by atoms with Crippen LogP contribution in [0, 0.1) is 0 Å². The highest BCUT2D eigenvalue weighted by Crippen LogP contribution is 2.55.